The Labute approximate surface area is 207 Å². The zero-order valence-electron chi connectivity index (χ0n) is 19.8. The van der Waals surface area contributed by atoms with Gasteiger partial charge in [0.25, 0.3) is 17.4 Å². The molecule has 0 fully saturated rings. The summed E-state index contributed by atoms with van der Waals surface area (Å²) < 4.78 is 18.2. The van der Waals surface area contributed by atoms with Gasteiger partial charge in [-0.05, 0) is 47.9 Å². The van der Waals surface area contributed by atoms with Crippen molar-refractivity contribution in [1.29, 1.82) is 0 Å². The summed E-state index contributed by atoms with van der Waals surface area (Å²) >= 11 is 0. The predicted octanol–water partition coefficient (Wildman–Crippen LogP) is 4.38. The van der Waals surface area contributed by atoms with Gasteiger partial charge in [-0.15, -0.1) is 0 Å². The molecule has 0 saturated carbocycles. The summed E-state index contributed by atoms with van der Waals surface area (Å²) in [5, 5.41) is 0.756. The van der Waals surface area contributed by atoms with E-state index in [2.05, 4.69) is 0 Å². The van der Waals surface area contributed by atoms with Crippen LogP contribution in [0.15, 0.2) is 83.7 Å². The lowest BCUT2D eigenvalue weighted by molar-refractivity contribution is -0.106. The molecule has 0 spiro atoms. The van der Waals surface area contributed by atoms with E-state index in [0.717, 1.165) is 5.39 Å². The minimum atomic E-state index is -0.868. The molecular formula is C28H24N2O6. The Morgan fingerprint density at radius 1 is 0.722 bits per heavy atom. The highest BCUT2D eigenvalue weighted by atomic mass is 16.7. The number of hydrogen-bond acceptors (Lipinski definition) is 6. The average molecular weight is 485 g/mol. The van der Waals surface area contributed by atoms with Crippen LogP contribution in [0.25, 0.3) is 10.9 Å². The molecule has 0 bridgehead atoms. The molecule has 2 amide bonds. The molecule has 1 aliphatic rings. The van der Waals surface area contributed by atoms with E-state index in [1.165, 1.54) is 23.7 Å². The molecule has 0 atom stereocenters. The second-order valence-electron chi connectivity index (χ2n) is 8.30. The number of methoxy groups -OCH3 is 2. The molecule has 8 heteroatoms. The summed E-state index contributed by atoms with van der Waals surface area (Å²) in [6, 6.07) is 23.2. The number of carbonyl (C=O) groups excluding carboxylic acids is 2. The summed E-state index contributed by atoms with van der Waals surface area (Å²) in [7, 11) is 2.91. The second kappa shape index (κ2) is 9.77. The van der Waals surface area contributed by atoms with Crippen molar-refractivity contribution in [2.75, 3.05) is 20.8 Å². The van der Waals surface area contributed by atoms with Crippen LogP contribution in [-0.4, -0.2) is 42.0 Å². The summed E-state index contributed by atoms with van der Waals surface area (Å²) in [5.74, 6) is 0.463. The summed E-state index contributed by atoms with van der Waals surface area (Å²) in [6.45, 7) is 0.114. The lowest BCUT2D eigenvalue weighted by atomic mass is 10.1. The van der Waals surface area contributed by atoms with E-state index in [9.17, 15) is 14.4 Å². The van der Waals surface area contributed by atoms with E-state index >= 15 is 0 Å². The molecule has 2 heterocycles. The van der Waals surface area contributed by atoms with Crippen molar-refractivity contribution < 1.29 is 23.8 Å². The molecule has 0 saturated heterocycles. The van der Waals surface area contributed by atoms with Crippen molar-refractivity contribution in [1.82, 2.24) is 9.47 Å². The first-order valence-electron chi connectivity index (χ1n) is 11.4. The molecule has 1 aliphatic heterocycles. The van der Waals surface area contributed by atoms with Crippen LogP contribution >= 0.6 is 0 Å². The predicted molar refractivity (Wildman–Crippen MR) is 133 cm³/mol. The third-order valence-electron chi connectivity index (χ3n) is 6.18. The third kappa shape index (κ3) is 4.17. The molecule has 0 radical (unpaired) electrons. The third-order valence-corrected chi connectivity index (χ3v) is 6.18. The number of ether oxygens (including phenoxy) is 3. The molecular weight excluding hydrogens is 460 g/mol. The number of fused-ring (bicyclic) bond motifs is 2. The molecule has 182 valence electrons. The molecule has 4 aromatic rings. The zero-order valence-corrected chi connectivity index (χ0v) is 19.8. The van der Waals surface area contributed by atoms with Gasteiger partial charge in [-0.1, -0.05) is 30.3 Å². The van der Waals surface area contributed by atoms with E-state index < -0.39 is 6.29 Å². The minimum absolute atomic E-state index is 0.0270. The Bertz CT molecular complexity index is 1470. The molecule has 1 aromatic heterocycles. The Kier molecular flexibility index (Phi) is 6.37. The SMILES string of the molecule is COC(OC)c1cc2ccc(Oc3ccccc3)cc2n(CCN2C(=O)c3ccccc3C2=O)c1=O. The van der Waals surface area contributed by atoms with E-state index in [-0.39, 0.29) is 30.5 Å². The van der Waals surface area contributed by atoms with Gasteiger partial charge in [-0.3, -0.25) is 19.3 Å². The fraction of sp³-hybridized carbons (Fsp3) is 0.179. The number of amides is 2. The number of pyridine rings is 1. The van der Waals surface area contributed by atoms with E-state index in [4.69, 9.17) is 14.2 Å². The van der Waals surface area contributed by atoms with Crippen molar-refractivity contribution in [3.05, 3.63) is 106 Å². The maximum Gasteiger partial charge on any atom is 0.261 e. The molecule has 8 nitrogen and oxygen atoms in total. The highest BCUT2D eigenvalue weighted by Crippen LogP contribution is 2.28. The lowest BCUT2D eigenvalue weighted by Gasteiger charge is -2.20. The van der Waals surface area contributed by atoms with Crippen LogP contribution in [0.1, 0.15) is 32.6 Å². The second-order valence-corrected chi connectivity index (χ2v) is 8.30. The zero-order chi connectivity index (χ0) is 25.2. The van der Waals surface area contributed by atoms with E-state index in [1.54, 1.807) is 36.4 Å². The van der Waals surface area contributed by atoms with Crippen molar-refractivity contribution in [2.24, 2.45) is 0 Å². The van der Waals surface area contributed by atoms with Crippen LogP contribution in [0.2, 0.25) is 0 Å². The Morgan fingerprint density at radius 3 is 2.00 bits per heavy atom. The number of para-hydroxylation sites is 1. The number of carbonyl (C=O) groups is 2. The topological polar surface area (TPSA) is 87.1 Å². The van der Waals surface area contributed by atoms with Gasteiger partial charge in [0, 0.05) is 33.4 Å². The van der Waals surface area contributed by atoms with Gasteiger partial charge in [0.1, 0.15) is 11.5 Å². The van der Waals surface area contributed by atoms with Crippen molar-refractivity contribution >= 4 is 22.7 Å². The van der Waals surface area contributed by atoms with Gasteiger partial charge in [0.2, 0.25) is 0 Å². The van der Waals surface area contributed by atoms with Crippen LogP contribution in [0.4, 0.5) is 0 Å². The van der Waals surface area contributed by atoms with E-state index in [0.29, 0.717) is 33.7 Å². The smallest absolute Gasteiger partial charge is 0.261 e. The van der Waals surface area contributed by atoms with E-state index in [1.807, 2.05) is 42.5 Å². The van der Waals surface area contributed by atoms with Crippen LogP contribution in [0.3, 0.4) is 0 Å². The van der Waals surface area contributed by atoms with Gasteiger partial charge in [0.15, 0.2) is 6.29 Å². The molecule has 5 rings (SSSR count). The maximum atomic E-state index is 13.6. The number of imide groups is 1. The minimum Gasteiger partial charge on any atom is -0.457 e. The number of aromatic nitrogens is 1. The number of benzene rings is 3. The fourth-order valence-electron chi connectivity index (χ4n) is 4.45. The molecule has 36 heavy (non-hydrogen) atoms. The number of nitrogens with zero attached hydrogens (tertiary/aromatic N) is 2. The van der Waals surface area contributed by atoms with Crippen LogP contribution < -0.4 is 10.3 Å². The number of rotatable bonds is 8. The van der Waals surface area contributed by atoms with Crippen LogP contribution in [0.5, 0.6) is 11.5 Å². The number of hydrogen-bond donors (Lipinski definition) is 0. The molecule has 0 N–H and O–H groups in total. The molecule has 0 unspecified atom stereocenters. The normalized spacial score (nSPS) is 13.0. The van der Waals surface area contributed by atoms with Gasteiger partial charge in [-0.25, -0.2) is 0 Å². The van der Waals surface area contributed by atoms with Crippen molar-refractivity contribution in [3.63, 3.8) is 0 Å². The van der Waals surface area contributed by atoms with Gasteiger partial charge >= 0.3 is 0 Å². The van der Waals surface area contributed by atoms with Crippen molar-refractivity contribution in [2.45, 2.75) is 12.8 Å². The van der Waals surface area contributed by atoms with Gasteiger partial charge in [-0.2, -0.15) is 0 Å². The summed E-state index contributed by atoms with van der Waals surface area (Å²) in [6.07, 6.45) is -0.868. The molecule has 0 aliphatic carbocycles. The first-order chi connectivity index (χ1) is 17.5. The standard InChI is InChI=1S/C28H24N2O6/c1-34-28(35-2)23-16-18-12-13-20(36-19-8-4-3-5-9-19)17-24(18)29(27(23)33)14-15-30-25(31)21-10-6-7-11-22(21)26(30)32/h3-13,16-17,28H,14-15H2,1-2H3. The summed E-state index contributed by atoms with van der Waals surface area (Å²) in [4.78, 5) is 40.5. The summed E-state index contributed by atoms with van der Waals surface area (Å²) in [5.41, 5.74) is 1.30. The Hall–Kier alpha value is -4.27. The monoisotopic (exact) mass is 484 g/mol. The Balaban J connectivity index is 1.54. The first kappa shape index (κ1) is 23.5. The largest absolute Gasteiger partial charge is 0.457 e. The average Bonchev–Trinajstić information content (AvgIpc) is 3.15. The maximum absolute atomic E-state index is 13.6. The highest BCUT2D eigenvalue weighted by Gasteiger charge is 2.35. The highest BCUT2D eigenvalue weighted by molar-refractivity contribution is 6.21. The molecule has 3 aromatic carbocycles. The van der Waals surface area contributed by atoms with Crippen molar-refractivity contribution in [3.8, 4) is 11.5 Å². The quantitative estimate of drug-likeness (QED) is 0.273. The van der Waals surface area contributed by atoms with Gasteiger partial charge in [0.05, 0.1) is 22.2 Å². The lowest BCUT2D eigenvalue weighted by Crippen LogP contribution is -2.36. The van der Waals surface area contributed by atoms with Crippen LogP contribution in [-0.2, 0) is 16.0 Å². The fourth-order valence-corrected chi connectivity index (χ4v) is 4.45. The first-order valence-corrected chi connectivity index (χ1v) is 11.4. The van der Waals surface area contributed by atoms with Gasteiger partial charge < -0.3 is 18.8 Å². The Morgan fingerprint density at radius 2 is 1.36 bits per heavy atom. The van der Waals surface area contributed by atoms with Crippen LogP contribution in [0, 0.1) is 0 Å².